The van der Waals surface area contributed by atoms with Gasteiger partial charge in [-0.05, 0) is 76.8 Å². The number of carbonyl (C=O) groups excluding carboxylic acids is 1. The van der Waals surface area contributed by atoms with Gasteiger partial charge in [-0.25, -0.2) is 9.78 Å². The minimum atomic E-state index is -1.25. The Morgan fingerprint density at radius 3 is 2.26 bits per heavy atom. The first kappa shape index (κ1) is 24.8. The topological polar surface area (TPSA) is 88.5 Å². The first-order valence-corrected chi connectivity index (χ1v) is 10.7. The second kappa shape index (κ2) is 9.79. The number of nitrogens with zero attached hydrogens (tertiary/aromatic N) is 1. The number of hydrogen-bond acceptors (Lipinski definition) is 4. The zero-order chi connectivity index (χ0) is 23.5. The summed E-state index contributed by atoms with van der Waals surface area (Å²) in [7, 11) is 0. The predicted octanol–water partition coefficient (Wildman–Crippen LogP) is 5.49. The maximum absolute atomic E-state index is 12.9. The van der Waals surface area contributed by atoms with Gasteiger partial charge in [0.05, 0.1) is 5.60 Å². The van der Waals surface area contributed by atoms with Crippen molar-refractivity contribution < 1.29 is 19.4 Å². The third-order valence-electron chi connectivity index (χ3n) is 4.96. The summed E-state index contributed by atoms with van der Waals surface area (Å²) in [5, 5.41) is 13.5. The van der Waals surface area contributed by atoms with E-state index in [-0.39, 0.29) is 17.6 Å². The van der Waals surface area contributed by atoms with Crippen molar-refractivity contribution in [1.82, 2.24) is 10.3 Å². The molecule has 0 aliphatic carbocycles. The lowest BCUT2D eigenvalue weighted by Gasteiger charge is -2.28. The van der Waals surface area contributed by atoms with Gasteiger partial charge in [-0.15, -0.1) is 0 Å². The number of ether oxygens (including phenoxy) is 1. The minimum Gasteiger partial charge on any atom is -0.479 e. The number of carboxylic acid groups (broad SMARTS) is 1. The molecule has 168 valence electrons. The van der Waals surface area contributed by atoms with Crippen LogP contribution in [0.15, 0.2) is 24.3 Å². The number of carbonyl (C=O) groups is 2. The van der Waals surface area contributed by atoms with Gasteiger partial charge in [-0.2, -0.15) is 0 Å². The Balaban J connectivity index is 2.80. The summed E-state index contributed by atoms with van der Waals surface area (Å²) in [5.74, 6) is -1.41. The van der Waals surface area contributed by atoms with Gasteiger partial charge in [0, 0.05) is 22.3 Å². The number of nitrogens with one attached hydrogen (secondary N) is 1. The molecule has 0 saturated carbocycles. The molecule has 2 N–H and O–H groups in total. The van der Waals surface area contributed by atoms with Gasteiger partial charge in [0.2, 0.25) is 0 Å². The number of pyridine rings is 1. The van der Waals surface area contributed by atoms with Crippen molar-refractivity contribution in [3.8, 4) is 11.1 Å². The van der Waals surface area contributed by atoms with E-state index in [2.05, 4.69) is 10.3 Å². The summed E-state index contributed by atoms with van der Waals surface area (Å²) in [6, 6.07) is 7.06. The average molecular weight is 447 g/mol. The van der Waals surface area contributed by atoms with Crippen LogP contribution in [0.5, 0.6) is 0 Å². The van der Waals surface area contributed by atoms with Gasteiger partial charge in [-0.1, -0.05) is 30.7 Å². The minimum absolute atomic E-state index is 0.0105. The molecular formula is C24H31ClN2O4. The molecule has 1 aromatic heterocycles. The van der Waals surface area contributed by atoms with E-state index in [4.69, 9.17) is 16.3 Å². The number of aromatic nitrogens is 1. The third kappa shape index (κ3) is 6.05. The summed E-state index contributed by atoms with van der Waals surface area (Å²) < 4.78 is 5.92. The molecule has 0 unspecified atom stereocenters. The normalized spacial score (nSPS) is 13.5. The van der Waals surface area contributed by atoms with Gasteiger partial charge in [-0.3, -0.25) is 4.79 Å². The molecule has 0 aliphatic rings. The van der Waals surface area contributed by atoms with E-state index in [0.717, 1.165) is 12.0 Å². The van der Waals surface area contributed by atoms with Crippen LogP contribution in [-0.4, -0.2) is 33.6 Å². The fourth-order valence-corrected chi connectivity index (χ4v) is 3.45. The fourth-order valence-electron chi connectivity index (χ4n) is 3.32. The molecule has 2 aromatic rings. The Labute approximate surface area is 189 Å². The van der Waals surface area contributed by atoms with E-state index in [1.807, 2.05) is 13.8 Å². The Morgan fingerprint density at radius 1 is 1.19 bits per heavy atom. The smallest absolute Gasteiger partial charge is 0.337 e. The van der Waals surface area contributed by atoms with Crippen LogP contribution in [0, 0.1) is 13.8 Å². The van der Waals surface area contributed by atoms with Crippen LogP contribution in [0.2, 0.25) is 5.02 Å². The maximum Gasteiger partial charge on any atom is 0.337 e. The number of aliphatic carboxylic acids is 1. The molecule has 31 heavy (non-hydrogen) atoms. The summed E-state index contributed by atoms with van der Waals surface area (Å²) in [6.07, 6.45) is -0.463. The molecule has 2 rings (SSSR count). The van der Waals surface area contributed by atoms with Crippen LogP contribution >= 0.6 is 11.6 Å². The van der Waals surface area contributed by atoms with Gasteiger partial charge >= 0.3 is 5.97 Å². The average Bonchev–Trinajstić information content (AvgIpc) is 2.67. The van der Waals surface area contributed by atoms with Crippen LogP contribution in [0.3, 0.4) is 0 Å². The number of benzene rings is 1. The Bertz CT molecular complexity index is 965. The molecule has 1 heterocycles. The van der Waals surface area contributed by atoms with Crippen molar-refractivity contribution in [2.45, 2.75) is 72.6 Å². The molecule has 1 amide bonds. The van der Waals surface area contributed by atoms with Gasteiger partial charge in [0.1, 0.15) is 5.69 Å². The van der Waals surface area contributed by atoms with Crippen LogP contribution in [0.25, 0.3) is 11.1 Å². The Hall–Kier alpha value is -2.44. The van der Waals surface area contributed by atoms with Gasteiger partial charge in [0.25, 0.3) is 5.91 Å². The SMILES string of the molecule is CC[C@@H](C)NC(=O)c1nc(C)c([C@H](OC(C)(C)C)C(=O)O)c(-c2ccc(Cl)cc2)c1C. The lowest BCUT2D eigenvalue weighted by molar-refractivity contribution is -0.160. The molecule has 0 radical (unpaired) electrons. The standard InChI is InChI=1S/C24H31ClN2O4/c1-8-13(2)26-22(28)20-14(3)18(16-9-11-17(25)12-10-16)19(15(4)27-20)21(23(29)30)31-24(5,6)7/h9-13,21H,8H2,1-7H3,(H,26,28)(H,29,30)/t13-,21+/m1/s1. The molecule has 2 atom stereocenters. The van der Waals surface area contributed by atoms with Crippen molar-refractivity contribution in [2.24, 2.45) is 0 Å². The summed E-state index contributed by atoms with van der Waals surface area (Å²) in [4.78, 5) is 29.7. The summed E-state index contributed by atoms with van der Waals surface area (Å²) in [6.45, 7) is 12.8. The van der Waals surface area contributed by atoms with Crippen molar-refractivity contribution in [3.63, 3.8) is 0 Å². The van der Waals surface area contributed by atoms with Crippen LogP contribution in [0.4, 0.5) is 0 Å². The van der Waals surface area contributed by atoms with Crippen molar-refractivity contribution in [3.05, 3.63) is 51.8 Å². The summed E-state index contributed by atoms with van der Waals surface area (Å²) >= 11 is 6.07. The van der Waals surface area contributed by atoms with Crippen LogP contribution < -0.4 is 5.32 Å². The number of hydrogen-bond donors (Lipinski definition) is 2. The Kier molecular flexibility index (Phi) is 7.84. The quantitative estimate of drug-likeness (QED) is 0.587. The molecule has 7 heteroatoms. The maximum atomic E-state index is 12.9. The van der Waals surface area contributed by atoms with Gasteiger partial charge < -0.3 is 15.2 Å². The molecule has 0 bridgehead atoms. The fraction of sp³-hybridized carbons (Fsp3) is 0.458. The monoisotopic (exact) mass is 446 g/mol. The predicted molar refractivity (Wildman–Crippen MR) is 123 cm³/mol. The third-order valence-corrected chi connectivity index (χ3v) is 5.22. The highest BCUT2D eigenvalue weighted by Crippen LogP contribution is 2.38. The highest BCUT2D eigenvalue weighted by atomic mass is 35.5. The molecule has 0 aliphatic heterocycles. The van der Waals surface area contributed by atoms with E-state index in [0.29, 0.717) is 27.4 Å². The Morgan fingerprint density at radius 2 is 1.77 bits per heavy atom. The zero-order valence-electron chi connectivity index (χ0n) is 19.2. The van der Waals surface area contributed by atoms with Crippen LogP contribution in [0.1, 0.15) is 74.5 Å². The highest BCUT2D eigenvalue weighted by Gasteiger charge is 2.33. The van der Waals surface area contributed by atoms with Crippen molar-refractivity contribution in [1.29, 1.82) is 0 Å². The number of rotatable bonds is 7. The summed E-state index contributed by atoms with van der Waals surface area (Å²) in [5.41, 5.74) is 2.38. The molecule has 6 nitrogen and oxygen atoms in total. The van der Waals surface area contributed by atoms with E-state index < -0.39 is 17.7 Å². The lowest BCUT2D eigenvalue weighted by Crippen LogP contribution is -2.34. The molecular weight excluding hydrogens is 416 g/mol. The first-order valence-electron chi connectivity index (χ1n) is 10.3. The molecule has 0 fully saturated rings. The first-order chi connectivity index (χ1) is 14.4. The molecule has 0 saturated heterocycles. The zero-order valence-corrected chi connectivity index (χ0v) is 19.9. The highest BCUT2D eigenvalue weighted by molar-refractivity contribution is 6.30. The second-order valence-electron chi connectivity index (χ2n) is 8.70. The van der Waals surface area contributed by atoms with Crippen LogP contribution in [-0.2, 0) is 9.53 Å². The van der Waals surface area contributed by atoms with E-state index in [9.17, 15) is 14.7 Å². The number of halogens is 1. The van der Waals surface area contributed by atoms with Gasteiger partial charge in [0.15, 0.2) is 6.10 Å². The number of aryl methyl sites for hydroxylation is 1. The van der Waals surface area contributed by atoms with Crippen molar-refractivity contribution >= 4 is 23.5 Å². The molecule has 1 aromatic carbocycles. The molecule has 0 spiro atoms. The number of carboxylic acids is 1. The van der Waals surface area contributed by atoms with E-state index >= 15 is 0 Å². The second-order valence-corrected chi connectivity index (χ2v) is 9.13. The van der Waals surface area contributed by atoms with Crippen molar-refractivity contribution in [2.75, 3.05) is 0 Å². The largest absolute Gasteiger partial charge is 0.479 e. The lowest BCUT2D eigenvalue weighted by atomic mass is 9.89. The van der Waals surface area contributed by atoms with E-state index in [1.54, 1.807) is 58.9 Å². The number of amides is 1. The van der Waals surface area contributed by atoms with E-state index in [1.165, 1.54) is 0 Å².